The van der Waals surface area contributed by atoms with Gasteiger partial charge in [-0.05, 0) is 31.4 Å². The normalized spacial score (nSPS) is 10.2. The fourth-order valence-electron chi connectivity index (χ4n) is 1.58. The van der Waals surface area contributed by atoms with Gasteiger partial charge in [-0.15, -0.1) is 11.6 Å². The van der Waals surface area contributed by atoms with Gasteiger partial charge in [0.25, 0.3) is 0 Å². The molecule has 1 rings (SSSR count). The number of benzene rings is 1. The summed E-state index contributed by atoms with van der Waals surface area (Å²) in [5.41, 5.74) is 3.83. The maximum Gasteiger partial charge on any atom is 0.237 e. The fraction of sp³-hybridized carbons (Fsp3) is 0.462. The molecule has 0 saturated carbocycles. The molecule has 1 aromatic carbocycles. The van der Waals surface area contributed by atoms with E-state index < -0.39 is 0 Å². The predicted molar refractivity (Wildman–Crippen MR) is 68.0 cm³/mol. The van der Waals surface area contributed by atoms with Crippen LogP contribution < -0.4 is 0 Å². The molecule has 1 amide bonds. The molecule has 0 radical (unpaired) electrons. The third-order valence-electron chi connectivity index (χ3n) is 2.76. The van der Waals surface area contributed by atoms with Crippen molar-refractivity contribution in [3.8, 4) is 0 Å². The van der Waals surface area contributed by atoms with E-state index in [0.717, 1.165) is 13.0 Å². The van der Waals surface area contributed by atoms with E-state index in [4.69, 9.17) is 11.6 Å². The lowest BCUT2D eigenvalue weighted by Gasteiger charge is -2.16. The molecule has 0 fully saturated rings. The van der Waals surface area contributed by atoms with E-state index in [1.165, 1.54) is 16.7 Å². The Morgan fingerprint density at radius 1 is 1.38 bits per heavy atom. The van der Waals surface area contributed by atoms with Crippen molar-refractivity contribution < 1.29 is 4.79 Å². The molecule has 0 aromatic heterocycles. The Bertz CT molecular complexity index is 376. The van der Waals surface area contributed by atoms with Crippen LogP contribution in [0.2, 0.25) is 0 Å². The quantitative estimate of drug-likeness (QED) is 0.740. The van der Waals surface area contributed by atoms with Crippen molar-refractivity contribution in [2.45, 2.75) is 20.3 Å². The molecule has 88 valence electrons. The van der Waals surface area contributed by atoms with Gasteiger partial charge in [-0.1, -0.05) is 23.8 Å². The molecule has 0 spiro atoms. The van der Waals surface area contributed by atoms with Gasteiger partial charge >= 0.3 is 0 Å². The third kappa shape index (κ3) is 3.53. The highest BCUT2D eigenvalue weighted by atomic mass is 35.5. The van der Waals surface area contributed by atoms with E-state index in [1.807, 2.05) is 0 Å². The lowest BCUT2D eigenvalue weighted by Crippen LogP contribution is -2.29. The van der Waals surface area contributed by atoms with Crippen molar-refractivity contribution >= 4 is 17.5 Å². The Morgan fingerprint density at radius 3 is 2.69 bits per heavy atom. The summed E-state index contributed by atoms with van der Waals surface area (Å²) in [5, 5.41) is 0. The first kappa shape index (κ1) is 13.0. The van der Waals surface area contributed by atoms with Crippen LogP contribution in [0.3, 0.4) is 0 Å². The lowest BCUT2D eigenvalue weighted by atomic mass is 10.0. The Hall–Kier alpha value is -1.02. The molecule has 2 nitrogen and oxygen atoms in total. The molecular formula is C13H18ClNO. The van der Waals surface area contributed by atoms with E-state index >= 15 is 0 Å². The number of hydrogen-bond acceptors (Lipinski definition) is 1. The summed E-state index contributed by atoms with van der Waals surface area (Å²) < 4.78 is 0. The smallest absolute Gasteiger partial charge is 0.237 e. The number of likely N-dealkylation sites (N-methyl/N-ethyl adjacent to an activating group) is 1. The highest BCUT2D eigenvalue weighted by Crippen LogP contribution is 2.11. The number of halogens is 1. The number of hydrogen-bond donors (Lipinski definition) is 0. The van der Waals surface area contributed by atoms with Gasteiger partial charge in [-0.25, -0.2) is 0 Å². The van der Waals surface area contributed by atoms with Crippen LogP contribution in [-0.2, 0) is 11.2 Å². The summed E-state index contributed by atoms with van der Waals surface area (Å²) in [5.74, 6) is 0.0375. The molecule has 0 aliphatic rings. The molecule has 0 atom stereocenters. The number of nitrogens with zero attached hydrogens (tertiary/aromatic N) is 1. The molecule has 1 aromatic rings. The monoisotopic (exact) mass is 239 g/mol. The van der Waals surface area contributed by atoms with Gasteiger partial charge in [0.15, 0.2) is 0 Å². The summed E-state index contributed by atoms with van der Waals surface area (Å²) in [6.07, 6.45) is 0.882. The molecule has 0 unspecified atom stereocenters. The van der Waals surface area contributed by atoms with Crippen LogP contribution in [0.15, 0.2) is 18.2 Å². The zero-order valence-corrected chi connectivity index (χ0v) is 10.8. The number of aryl methyl sites for hydroxylation is 2. The second-order valence-electron chi connectivity index (χ2n) is 4.13. The fourth-order valence-corrected chi connectivity index (χ4v) is 1.79. The number of rotatable bonds is 4. The van der Waals surface area contributed by atoms with Crippen molar-refractivity contribution in [1.29, 1.82) is 0 Å². The van der Waals surface area contributed by atoms with Crippen molar-refractivity contribution in [2.24, 2.45) is 0 Å². The number of carbonyl (C=O) groups is 1. The molecule has 16 heavy (non-hydrogen) atoms. The summed E-state index contributed by atoms with van der Waals surface area (Å²) in [7, 11) is 1.79. The highest BCUT2D eigenvalue weighted by molar-refractivity contribution is 6.27. The molecule has 0 aliphatic heterocycles. The number of amides is 1. The van der Waals surface area contributed by atoms with E-state index in [1.54, 1.807) is 11.9 Å². The summed E-state index contributed by atoms with van der Waals surface area (Å²) >= 11 is 5.49. The predicted octanol–water partition coefficient (Wildman–Crippen LogP) is 2.54. The van der Waals surface area contributed by atoms with Crippen molar-refractivity contribution in [2.75, 3.05) is 19.5 Å². The van der Waals surface area contributed by atoms with Crippen molar-refractivity contribution in [3.05, 3.63) is 34.9 Å². The topological polar surface area (TPSA) is 20.3 Å². The first-order chi connectivity index (χ1) is 7.54. The van der Waals surface area contributed by atoms with E-state index in [9.17, 15) is 4.79 Å². The summed E-state index contributed by atoms with van der Waals surface area (Å²) in [6, 6.07) is 6.40. The second-order valence-corrected chi connectivity index (χ2v) is 4.40. The molecule has 0 bridgehead atoms. The maximum atomic E-state index is 11.3. The van der Waals surface area contributed by atoms with Crippen molar-refractivity contribution in [3.63, 3.8) is 0 Å². The van der Waals surface area contributed by atoms with Crippen LogP contribution in [0.25, 0.3) is 0 Å². The zero-order valence-electron chi connectivity index (χ0n) is 10.1. The Balaban J connectivity index is 2.60. The minimum atomic E-state index is -0.0213. The van der Waals surface area contributed by atoms with Crippen molar-refractivity contribution in [1.82, 2.24) is 4.90 Å². The molecule has 0 N–H and O–H groups in total. The third-order valence-corrected chi connectivity index (χ3v) is 2.99. The average Bonchev–Trinajstić information content (AvgIpc) is 2.28. The molecule has 0 saturated heterocycles. The molecule has 0 aliphatic carbocycles. The van der Waals surface area contributed by atoms with Crippen LogP contribution in [0.4, 0.5) is 0 Å². The van der Waals surface area contributed by atoms with E-state index in [-0.39, 0.29) is 11.8 Å². The largest absolute Gasteiger partial charge is 0.344 e. The van der Waals surface area contributed by atoms with Gasteiger partial charge in [-0.2, -0.15) is 0 Å². The average molecular weight is 240 g/mol. The first-order valence-electron chi connectivity index (χ1n) is 5.40. The van der Waals surface area contributed by atoms with Crippen LogP contribution in [0.5, 0.6) is 0 Å². The summed E-state index contributed by atoms with van der Waals surface area (Å²) in [6.45, 7) is 4.89. The minimum Gasteiger partial charge on any atom is -0.344 e. The SMILES string of the molecule is Cc1ccc(C)c(CCN(C)C(=O)CCl)c1. The zero-order chi connectivity index (χ0) is 12.1. The minimum absolute atomic E-state index is 0.0213. The van der Waals surface area contributed by atoms with Gasteiger partial charge < -0.3 is 4.90 Å². The van der Waals surface area contributed by atoms with Gasteiger partial charge in [0.05, 0.1) is 0 Å². The van der Waals surface area contributed by atoms with E-state index in [2.05, 4.69) is 32.0 Å². The molecule has 0 heterocycles. The highest BCUT2D eigenvalue weighted by Gasteiger charge is 2.07. The lowest BCUT2D eigenvalue weighted by molar-refractivity contribution is -0.127. The van der Waals surface area contributed by atoms with Crippen LogP contribution >= 0.6 is 11.6 Å². The van der Waals surface area contributed by atoms with Gasteiger partial charge in [-0.3, -0.25) is 4.79 Å². The Morgan fingerprint density at radius 2 is 2.06 bits per heavy atom. The van der Waals surface area contributed by atoms with Crippen LogP contribution in [-0.4, -0.2) is 30.3 Å². The van der Waals surface area contributed by atoms with Crippen LogP contribution in [0.1, 0.15) is 16.7 Å². The van der Waals surface area contributed by atoms with Gasteiger partial charge in [0.1, 0.15) is 5.88 Å². The molecular weight excluding hydrogens is 222 g/mol. The Labute approximate surface area is 102 Å². The second kappa shape index (κ2) is 5.90. The van der Waals surface area contributed by atoms with Gasteiger partial charge in [0, 0.05) is 13.6 Å². The molecule has 3 heteroatoms. The first-order valence-corrected chi connectivity index (χ1v) is 5.94. The number of alkyl halides is 1. The van der Waals surface area contributed by atoms with Gasteiger partial charge in [0.2, 0.25) is 5.91 Å². The maximum absolute atomic E-state index is 11.3. The Kier molecular flexibility index (Phi) is 4.81. The standard InChI is InChI=1S/C13H18ClNO/c1-10-4-5-11(2)12(8-10)6-7-15(3)13(16)9-14/h4-5,8H,6-7,9H2,1-3H3. The summed E-state index contributed by atoms with van der Waals surface area (Å²) in [4.78, 5) is 13.0. The number of carbonyl (C=O) groups excluding carboxylic acids is 1. The van der Waals surface area contributed by atoms with Crippen LogP contribution in [0, 0.1) is 13.8 Å². The van der Waals surface area contributed by atoms with E-state index in [0.29, 0.717) is 0 Å².